The maximum absolute atomic E-state index is 12.7. The van der Waals surface area contributed by atoms with Crippen molar-refractivity contribution in [2.75, 3.05) is 6.54 Å². The molecule has 2 aromatic heterocycles. The van der Waals surface area contributed by atoms with E-state index >= 15 is 0 Å². The van der Waals surface area contributed by atoms with E-state index in [9.17, 15) is 4.79 Å². The normalized spacial score (nSPS) is 10.3. The molecule has 1 aromatic carbocycles. The zero-order valence-electron chi connectivity index (χ0n) is 14.5. The van der Waals surface area contributed by atoms with Crippen molar-refractivity contribution >= 4 is 5.91 Å². The van der Waals surface area contributed by atoms with E-state index < -0.39 is 0 Å². The van der Waals surface area contributed by atoms with E-state index in [1.165, 1.54) is 4.68 Å². The van der Waals surface area contributed by atoms with E-state index in [1.807, 2.05) is 55.5 Å². The first kappa shape index (κ1) is 17.4. The summed E-state index contributed by atoms with van der Waals surface area (Å²) in [6.07, 6.45) is 7.18. The van der Waals surface area contributed by atoms with Gasteiger partial charge in [-0.15, -0.1) is 11.5 Å². The zero-order chi connectivity index (χ0) is 18.4. The molecule has 2 heterocycles. The van der Waals surface area contributed by atoms with Crippen LogP contribution in [0.1, 0.15) is 11.4 Å². The maximum Gasteiger partial charge on any atom is 0.245 e. The van der Waals surface area contributed by atoms with Crippen molar-refractivity contribution in [1.29, 1.82) is 0 Å². The lowest BCUT2D eigenvalue weighted by Crippen LogP contribution is -2.34. The lowest BCUT2D eigenvalue weighted by atomic mass is 10.2. The highest BCUT2D eigenvalue weighted by Crippen LogP contribution is 2.15. The third kappa shape index (κ3) is 4.33. The van der Waals surface area contributed by atoms with Crippen LogP contribution in [0.25, 0.3) is 11.3 Å². The zero-order valence-corrected chi connectivity index (χ0v) is 14.5. The molecule has 0 saturated carbocycles. The first-order valence-corrected chi connectivity index (χ1v) is 8.25. The Labute approximate surface area is 152 Å². The minimum atomic E-state index is -0.129. The Morgan fingerprint density at radius 1 is 1.19 bits per heavy atom. The molecule has 1 amide bonds. The molecule has 3 rings (SSSR count). The van der Waals surface area contributed by atoms with Gasteiger partial charge in [0.1, 0.15) is 12.2 Å². The van der Waals surface area contributed by atoms with Gasteiger partial charge in [0.05, 0.1) is 25.0 Å². The fourth-order valence-electron chi connectivity index (χ4n) is 2.58. The number of carbonyl (C=O) groups excluding carboxylic acids is 1. The Balaban J connectivity index is 1.70. The summed E-state index contributed by atoms with van der Waals surface area (Å²) in [6.45, 7) is 2.57. The number of nitrogens with zero attached hydrogens (tertiary/aromatic N) is 5. The SMILES string of the molecule is C#CCN(Cc1cccc(C)n1)C(=O)Cn1cc(-c2ccccc2)nn1. The first-order valence-electron chi connectivity index (χ1n) is 8.25. The van der Waals surface area contributed by atoms with Gasteiger partial charge in [0.2, 0.25) is 5.91 Å². The third-order valence-corrected chi connectivity index (χ3v) is 3.84. The van der Waals surface area contributed by atoms with Crippen LogP contribution in [0.4, 0.5) is 0 Å². The molecule has 0 aliphatic heterocycles. The first-order chi connectivity index (χ1) is 12.7. The van der Waals surface area contributed by atoms with Gasteiger partial charge in [0.25, 0.3) is 0 Å². The predicted octanol–water partition coefficient (Wildman–Crippen LogP) is 2.31. The summed E-state index contributed by atoms with van der Waals surface area (Å²) in [7, 11) is 0. The van der Waals surface area contributed by atoms with Gasteiger partial charge >= 0.3 is 0 Å². The van der Waals surface area contributed by atoms with Crippen LogP contribution in [-0.4, -0.2) is 37.3 Å². The number of aromatic nitrogens is 4. The van der Waals surface area contributed by atoms with Crippen LogP contribution in [0, 0.1) is 19.3 Å². The standard InChI is InChI=1S/C20H19N5O/c1-3-12-24(13-18-11-7-8-16(2)21-18)20(26)15-25-14-19(22-23-25)17-9-5-4-6-10-17/h1,4-11,14H,12-13,15H2,2H3. The van der Waals surface area contributed by atoms with Gasteiger partial charge in [-0.25, -0.2) is 4.68 Å². The van der Waals surface area contributed by atoms with Crippen LogP contribution in [-0.2, 0) is 17.9 Å². The van der Waals surface area contributed by atoms with Gasteiger partial charge in [-0.05, 0) is 19.1 Å². The Hall–Kier alpha value is -3.46. The molecule has 3 aromatic rings. The van der Waals surface area contributed by atoms with E-state index in [-0.39, 0.29) is 19.0 Å². The van der Waals surface area contributed by atoms with Crippen LogP contribution in [0.2, 0.25) is 0 Å². The van der Waals surface area contributed by atoms with Crippen molar-refractivity contribution in [3.05, 3.63) is 66.1 Å². The van der Waals surface area contributed by atoms with Crippen LogP contribution in [0.15, 0.2) is 54.7 Å². The molecule has 0 N–H and O–H groups in total. The smallest absolute Gasteiger partial charge is 0.245 e. The van der Waals surface area contributed by atoms with Gasteiger partial charge < -0.3 is 4.90 Å². The molecule has 6 heteroatoms. The number of pyridine rings is 1. The van der Waals surface area contributed by atoms with Crippen LogP contribution in [0.3, 0.4) is 0 Å². The summed E-state index contributed by atoms with van der Waals surface area (Å²) in [5, 5.41) is 8.18. The van der Waals surface area contributed by atoms with Crippen LogP contribution >= 0.6 is 0 Å². The summed E-state index contributed by atoms with van der Waals surface area (Å²) in [4.78, 5) is 18.7. The Bertz CT molecular complexity index is 927. The number of rotatable bonds is 6. The van der Waals surface area contributed by atoms with Crippen molar-refractivity contribution in [1.82, 2.24) is 24.9 Å². The van der Waals surface area contributed by atoms with Gasteiger partial charge in [-0.2, -0.15) is 0 Å². The molecule has 0 bridgehead atoms. The molecule has 0 fully saturated rings. The van der Waals surface area contributed by atoms with E-state index in [0.29, 0.717) is 6.54 Å². The molecule has 0 spiro atoms. The monoisotopic (exact) mass is 345 g/mol. The highest BCUT2D eigenvalue weighted by molar-refractivity contribution is 5.76. The van der Waals surface area contributed by atoms with Crippen molar-refractivity contribution in [3.8, 4) is 23.6 Å². The van der Waals surface area contributed by atoms with E-state index in [0.717, 1.165) is 22.6 Å². The lowest BCUT2D eigenvalue weighted by molar-refractivity contribution is -0.132. The molecule has 0 radical (unpaired) electrons. The summed E-state index contributed by atoms with van der Waals surface area (Å²) >= 11 is 0. The molecular formula is C20H19N5O. The number of amides is 1. The van der Waals surface area contributed by atoms with Crippen molar-refractivity contribution in [2.24, 2.45) is 0 Å². The number of hydrogen-bond donors (Lipinski definition) is 0. The molecule has 6 nitrogen and oxygen atoms in total. The number of hydrogen-bond acceptors (Lipinski definition) is 4. The lowest BCUT2D eigenvalue weighted by Gasteiger charge is -2.19. The molecule has 0 saturated heterocycles. The second kappa shape index (κ2) is 8.08. The fourth-order valence-corrected chi connectivity index (χ4v) is 2.58. The van der Waals surface area contributed by atoms with Crippen molar-refractivity contribution in [3.63, 3.8) is 0 Å². The molecule has 130 valence electrons. The molecule has 0 unspecified atom stereocenters. The number of aryl methyl sites for hydroxylation is 1. The average molecular weight is 345 g/mol. The quantitative estimate of drug-likeness (QED) is 0.643. The fraction of sp³-hybridized carbons (Fsp3) is 0.200. The van der Waals surface area contributed by atoms with Gasteiger partial charge in [0, 0.05) is 11.3 Å². The van der Waals surface area contributed by atoms with Crippen molar-refractivity contribution < 1.29 is 4.79 Å². The summed E-state index contributed by atoms with van der Waals surface area (Å²) in [5.74, 6) is 2.40. The second-order valence-electron chi connectivity index (χ2n) is 5.89. The predicted molar refractivity (Wildman–Crippen MR) is 98.7 cm³/mol. The van der Waals surface area contributed by atoms with Gasteiger partial charge in [-0.3, -0.25) is 9.78 Å². The second-order valence-corrected chi connectivity index (χ2v) is 5.89. The van der Waals surface area contributed by atoms with Gasteiger partial charge in [0.15, 0.2) is 0 Å². The van der Waals surface area contributed by atoms with E-state index in [2.05, 4.69) is 21.2 Å². The Morgan fingerprint density at radius 2 is 2.00 bits per heavy atom. The highest BCUT2D eigenvalue weighted by Gasteiger charge is 2.15. The largest absolute Gasteiger partial charge is 0.324 e. The minimum absolute atomic E-state index is 0.0767. The molecule has 0 aliphatic carbocycles. The molecule has 26 heavy (non-hydrogen) atoms. The highest BCUT2D eigenvalue weighted by atomic mass is 16.2. The number of terminal acetylenes is 1. The van der Waals surface area contributed by atoms with E-state index in [4.69, 9.17) is 6.42 Å². The number of carbonyl (C=O) groups is 1. The van der Waals surface area contributed by atoms with Gasteiger partial charge in [-0.1, -0.05) is 47.5 Å². The molecular weight excluding hydrogens is 326 g/mol. The summed E-state index contributed by atoms with van der Waals surface area (Å²) in [6, 6.07) is 15.4. The molecule has 0 atom stereocenters. The maximum atomic E-state index is 12.7. The summed E-state index contributed by atoms with van der Waals surface area (Å²) < 4.78 is 1.53. The van der Waals surface area contributed by atoms with Crippen LogP contribution < -0.4 is 0 Å². The van der Waals surface area contributed by atoms with Crippen LogP contribution in [0.5, 0.6) is 0 Å². The third-order valence-electron chi connectivity index (χ3n) is 3.84. The summed E-state index contributed by atoms with van der Waals surface area (Å²) in [5.41, 5.74) is 3.38. The Morgan fingerprint density at radius 3 is 2.73 bits per heavy atom. The van der Waals surface area contributed by atoms with Crippen molar-refractivity contribution in [2.45, 2.75) is 20.0 Å². The number of benzene rings is 1. The Kier molecular flexibility index (Phi) is 5.40. The average Bonchev–Trinajstić information content (AvgIpc) is 3.11. The minimum Gasteiger partial charge on any atom is -0.324 e. The van der Waals surface area contributed by atoms with E-state index in [1.54, 1.807) is 11.1 Å². The topological polar surface area (TPSA) is 63.9 Å². The molecule has 0 aliphatic rings.